The van der Waals surface area contributed by atoms with Crippen molar-refractivity contribution >= 4 is 18.3 Å². The summed E-state index contributed by atoms with van der Waals surface area (Å²) in [4.78, 5) is 14.2. The van der Waals surface area contributed by atoms with E-state index in [1.807, 2.05) is 37.8 Å². The highest BCUT2D eigenvalue weighted by Gasteiger charge is 2.25. The summed E-state index contributed by atoms with van der Waals surface area (Å²) in [5.41, 5.74) is 8.22. The zero-order chi connectivity index (χ0) is 15.4. The van der Waals surface area contributed by atoms with Gasteiger partial charge in [0.1, 0.15) is 5.75 Å². The van der Waals surface area contributed by atoms with Crippen LogP contribution in [-0.4, -0.2) is 36.5 Å². The number of halogens is 1. The third kappa shape index (κ3) is 4.89. The van der Waals surface area contributed by atoms with Gasteiger partial charge in [-0.1, -0.05) is 17.7 Å². The number of likely N-dealkylation sites (tertiary alicyclic amines) is 1. The van der Waals surface area contributed by atoms with E-state index in [0.29, 0.717) is 5.92 Å². The van der Waals surface area contributed by atoms with Crippen molar-refractivity contribution in [1.29, 1.82) is 0 Å². The molecule has 1 aromatic rings. The SMILES string of the molecule is Cc1ccc(OCC(=O)N2CCCC(C(C)N)C2)c(C)c1.Cl. The van der Waals surface area contributed by atoms with Gasteiger partial charge in [0.05, 0.1) is 0 Å². The van der Waals surface area contributed by atoms with Crippen LogP contribution in [0.5, 0.6) is 5.75 Å². The predicted octanol–water partition coefficient (Wildman–Crippen LogP) is 2.69. The van der Waals surface area contributed by atoms with Gasteiger partial charge in [-0.15, -0.1) is 12.4 Å². The number of ether oxygens (including phenoxy) is 1. The molecule has 1 aliphatic heterocycles. The number of carbonyl (C=O) groups is 1. The van der Waals surface area contributed by atoms with Crippen LogP contribution in [0, 0.1) is 19.8 Å². The lowest BCUT2D eigenvalue weighted by Crippen LogP contribution is -2.46. The summed E-state index contributed by atoms with van der Waals surface area (Å²) < 4.78 is 5.68. The topological polar surface area (TPSA) is 55.6 Å². The van der Waals surface area contributed by atoms with Crippen molar-refractivity contribution in [2.24, 2.45) is 11.7 Å². The molecule has 0 aromatic heterocycles. The van der Waals surface area contributed by atoms with Gasteiger partial charge in [-0.05, 0) is 51.2 Å². The highest BCUT2D eigenvalue weighted by atomic mass is 35.5. The molecular weight excluding hydrogens is 300 g/mol. The van der Waals surface area contributed by atoms with Gasteiger partial charge in [-0.2, -0.15) is 0 Å². The Kier molecular flexibility index (Phi) is 7.17. The zero-order valence-electron chi connectivity index (χ0n) is 13.7. The average molecular weight is 327 g/mol. The number of hydrogen-bond donors (Lipinski definition) is 1. The minimum absolute atomic E-state index is 0. The van der Waals surface area contributed by atoms with Crippen LogP contribution in [0.2, 0.25) is 0 Å². The zero-order valence-corrected chi connectivity index (χ0v) is 14.5. The number of piperidine rings is 1. The summed E-state index contributed by atoms with van der Waals surface area (Å²) in [5.74, 6) is 1.25. The molecule has 2 unspecified atom stereocenters. The van der Waals surface area contributed by atoms with E-state index >= 15 is 0 Å². The Morgan fingerprint density at radius 3 is 2.82 bits per heavy atom. The molecular formula is C17H27ClN2O2. The maximum absolute atomic E-state index is 12.3. The average Bonchev–Trinajstić information content (AvgIpc) is 2.46. The number of nitrogens with zero attached hydrogens (tertiary/aromatic N) is 1. The summed E-state index contributed by atoms with van der Waals surface area (Å²) in [6.07, 6.45) is 2.14. The first kappa shape index (κ1) is 18.8. The molecule has 5 heteroatoms. The minimum atomic E-state index is 0. The Labute approximate surface area is 139 Å². The van der Waals surface area contributed by atoms with E-state index in [9.17, 15) is 4.79 Å². The van der Waals surface area contributed by atoms with Gasteiger partial charge in [0.2, 0.25) is 0 Å². The lowest BCUT2D eigenvalue weighted by Gasteiger charge is -2.34. The molecule has 1 aromatic carbocycles. The van der Waals surface area contributed by atoms with E-state index in [4.69, 9.17) is 10.5 Å². The summed E-state index contributed by atoms with van der Waals surface area (Å²) in [6, 6.07) is 6.13. The van der Waals surface area contributed by atoms with Gasteiger partial charge >= 0.3 is 0 Å². The van der Waals surface area contributed by atoms with Crippen molar-refractivity contribution in [1.82, 2.24) is 4.90 Å². The molecule has 2 rings (SSSR count). The lowest BCUT2D eigenvalue weighted by molar-refractivity contribution is -0.135. The molecule has 1 aliphatic rings. The van der Waals surface area contributed by atoms with Gasteiger partial charge in [-0.3, -0.25) is 4.79 Å². The van der Waals surface area contributed by atoms with Crippen LogP contribution in [-0.2, 0) is 4.79 Å². The second-order valence-electron chi connectivity index (χ2n) is 6.16. The first-order valence-corrected chi connectivity index (χ1v) is 7.71. The molecule has 1 amide bonds. The van der Waals surface area contributed by atoms with E-state index < -0.39 is 0 Å². The van der Waals surface area contributed by atoms with Crippen LogP contribution >= 0.6 is 12.4 Å². The van der Waals surface area contributed by atoms with Gasteiger partial charge in [0.15, 0.2) is 6.61 Å². The fourth-order valence-electron chi connectivity index (χ4n) is 2.86. The predicted molar refractivity (Wildman–Crippen MR) is 91.6 cm³/mol. The third-order valence-electron chi connectivity index (χ3n) is 4.24. The molecule has 0 aliphatic carbocycles. The van der Waals surface area contributed by atoms with Crippen LogP contribution in [0.3, 0.4) is 0 Å². The summed E-state index contributed by atoms with van der Waals surface area (Å²) in [6.45, 7) is 7.75. The molecule has 2 N–H and O–H groups in total. The Bertz CT molecular complexity index is 505. The summed E-state index contributed by atoms with van der Waals surface area (Å²) >= 11 is 0. The Balaban J connectivity index is 0.00000242. The monoisotopic (exact) mass is 326 g/mol. The van der Waals surface area contributed by atoms with Crippen LogP contribution in [0.1, 0.15) is 30.9 Å². The number of amides is 1. The first-order valence-electron chi connectivity index (χ1n) is 7.71. The third-order valence-corrected chi connectivity index (χ3v) is 4.24. The Morgan fingerprint density at radius 1 is 1.45 bits per heavy atom. The first-order chi connectivity index (χ1) is 9.97. The second-order valence-corrected chi connectivity index (χ2v) is 6.16. The van der Waals surface area contributed by atoms with E-state index in [2.05, 4.69) is 6.07 Å². The molecule has 124 valence electrons. The van der Waals surface area contributed by atoms with Crippen LogP contribution in [0.4, 0.5) is 0 Å². The molecule has 0 bridgehead atoms. The Hall–Kier alpha value is -1.26. The van der Waals surface area contributed by atoms with Crippen LogP contribution in [0.25, 0.3) is 0 Å². The minimum Gasteiger partial charge on any atom is -0.484 e. The molecule has 0 radical (unpaired) electrons. The lowest BCUT2D eigenvalue weighted by atomic mass is 9.92. The van der Waals surface area contributed by atoms with E-state index in [1.54, 1.807) is 0 Å². The van der Waals surface area contributed by atoms with E-state index in [-0.39, 0.29) is 31.0 Å². The molecule has 1 heterocycles. The number of benzene rings is 1. The van der Waals surface area contributed by atoms with Crippen molar-refractivity contribution in [3.8, 4) is 5.75 Å². The number of nitrogens with two attached hydrogens (primary N) is 1. The smallest absolute Gasteiger partial charge is 0.260 e. The maximum Gasteiger partial charge on any atom is 0.260 e. The van der Waals surface area contributed by atoms with Gasteiger partial charge < -0.3 is 15.4 Å². The van der Waals surface area contributed by atoms with Crippen molar-refractivity contribution in [3.63, 3.8) is 0 Å². The fourth-order valence-corrected chi connectivity index (χ4v) is 2.86. The molecule has 2 atom stereocenters. The molecule has 0 saturated carbocycles. The largest absolute Gasteiger partial charge is 0.484 e. The van der Waals surface area contributed by atoms with Crippen molar-refractivity contribution in [2.75, 3.05) is 19.7 Å². The van der Waals surface area contributed by atoms with Gasteiger partial charge in [0.25, 0.3) is 5.91 Å². The molecule has 1 fully saturated rings. The molecule has 4 nitrogen and oxygen atoms in total. The van der Waals surface area contributed by atoms with Crippen molar-refractivity contribution in [2.45, 2.75) is 39.7 Å². The standard InChI is InChI=1S/C17H26N2O2.ClH/c1-12-6-7-16(13(2)9-12)21-11-17(20)19-8-4-5-15(10-19)14(3)18;/h6-7,9,14-15H,4-5,8,10-11,18H2,1-3H3;1H. The van der Waals surface area contributed by atoms with E-state index in [0.717, 1.165) is 37.2 Å². The Morgan fingerprint density at radius 2 is 2.18 bits per heavy atom. The highest BCUT2D eigenvalue weighted by Crippen LogP contribution is 2.21. The van der Waals surface area contributed by atoms with Crippen LogP contribution < -0.4 is 10.5 Å². The molecule has 0 spiro atoms. The van der Waals surface area contributed by atoms with Gasteiger partial charge in [-0.25, -0.2) is 0 Å². The number of carbonyl (C=O) groups excluding carboxylic acids is 1. The van der Waals surface area contributed by atoms with Crippen molar-refractivity contribution in [3.05, 3.63) is 29.3 Å². The number of aryl methyl sites for hydroxylation is 2. The van der Waals surface area contributed by atoms with Crippen molar-refractivity contribution < 1.29 is 9.53 Å². The maximum atomic E-state index is 12.3. The summed E-state index contributed by atoms with van der Waals surface area (Å²) in [7, 11) is 0. The summed E-state index contributed by atoms with van der Waals surface area (Å²) in [5, 5.41) is 0. The molecule has 22 heavy (non-hydrogen) atoms. The van der Waals surface area contributed by atoms with E-state index in [1.165, 1.54) is 5.56 Å². The van der Waals surface area contributed by atoms with Gasteiger partial charge in [0, 0.05) is 19.1 Å². The second kappa shape index (κ2) is 8.39. The fraction of sp³-hybridized carbons (Fsp3) is 0.588. The normalized spacial score (nSPS) is 19.3. The molecule has 1 saturated heterocycles. The highest BCUT2D eigenvalue weighted by molar-refractivity contribution is 5.85. The number of rotatable bonds is 4. The quantitative estimate of drug-likeness (QED) is 0.925. The van der Waals surface area contributed by atoms with Crippen LogP contribution in [0.15, 0.2) is 18.2 Å². The number of hydrogen-bond acceptors (Lipinski definition) is 3.